The lowest BCUT2D eigenvalue weighted by molar-refractivity contribution is -0.121. The summed E-state index contributed by atoms with van der Waals surface area (Å²) >= 11 is 0. The van der Waals surface area contributed by atoms with Gasteiger partial charge in [-0.05, 0) is 44.7 Å². The highest BCUT2D eigenvalue weighted by Gasteiger charge is 2.11. The third kappa shape index (κ3) is 5.71. The molecule has 1 aromatic heterocycles. The van der Waals surface area contributed by atoms with Crippen LogP contribution in [0.2, 0.25) is 0 Å². The number of benzene rings is 1. The lowest BCUT2D eigenvalue weighted by Gasteiger charge is -2.13. The van der Waals surface area contributed by atoms with Gasteiger partial charge in [-0.3, -0.25) is 9.48 Å². The van der Waals surface area contributed by atoms with Crippen LogP contribution >= 0.6 is 0 Å². The molecule has 1 aromatic carbocycles. The fourth-order valence-corrected chi connectivity index (χ4v) is 2.89. The Morgan fingerprint density at radius 2 is 2.00 bits per heavy atom. The molecule has 1 amide bonds. The average Bonchev–Trinajstić information content (AvgIpc) is 2.85. The number of amides is 1. The Balaban J connectivity index is 1.61. The average molecular weight is 343 g/mol. The molecule has 136 valence electrons. The molecule has 0 spiro atoms. The SMILES string of the molecule is Cc1nn(C)c(C)c1CCC(=O)NCCCOC(C)c1ccccc1. The largest absolute Gasteiger partial charge is 0.374 e. The van der Waals surface area contributed by atoms with Crippen LogP contribution in [0.5, 0.6) is 0 Å². The van der Waals surface area contributed by atoms with Crippen molar-refractivity contribution in [2.45, 2.75) is 46.1 Å². The maximum Gasteiger partial charge on any atom is 0.220 e. The molecule has 0 aliphatic heterocycles. The first-order valence-corrected chi connectivity index (χ1v) is 8.91. The van der Waals surface area contributed by atoms with Gasteiger partial charge in [-0.1, -0.05) is 30.3 Å². The molecule has 0 radical (unpaired) electrons. The van der Waals surface area contributed by atoms with Crippen LogP contribution in [0.1, 0.15) is 48.4 Å². The predicted octanol–water partition coefficient (Wildman–Crippen LogP) is 3.25. The molecule has 25 heavy (non-hydrogen) atoms. The topological polar surface area (TPSA) is 56.2 Å². The van der Waals surface area contributed by atoms with E-state index < -0.39 is 0 Å². The van der Waals surface area contributed by atoms with Gasteiger partial charge in [0.2, 0.25) is 5.91 Å². The molecule has 1 atom stereocenters. The Kier molecular flexibility index (Phi) is 7.19. The number of aromatic nitrogens is 2. The van der Waals surface area contributed by atoms with Gasteiger partial charge in [0.25, 0.3) is 0 Å². The molecule has 5 heteroatoms. The van der Waals surface area contributed by atoms with E-state index in [-0.39, 0.29) is 12.0 Å². The number of aryl methyl sites for hydroxylation is 2. The highest BCUT2D eigenvalue weighted by molar-refractivity contribution is 5.76. The summed E-state index contributed by atoms with van der Waals surface area (Å²) in [5.41, 5.74) is 4.50. The van der Waals surface area contributed by atoms with Crippen molar-refractivity contribution in [3.63, 3.8) is 0 Å². The van der Waals surface area contributed by atoms with Crippen LogP contribution in [0.4, 0.5) is 0 Å². The molecular formula is C20H29N3O2. The van der Waals surface area contributed by atoms with Crippen LogP contribution in [0.3, 0.4) is 0 Å². The number of nitrogens with zero attached hydrogens (tertiary/aromatic N) is 2. The summed E-state index contributed by atoms with van der Waals surface area (Å²) in [7, 11) is 1.93. The molecule has 0 aliphatic carbocycles. The highest BCUT2D eigenvalue weighted by atomic mass is 16.5. The minimum atomic E-state index is 0.0773. The van der Waals surface area contributed by atoms with Gasteiger partial charge in [0.15, 0.2) is 0 Å². The molecule has 0 bridgehead atoms. The van der Waals surface area contributed by atoms with Crippen molar-refractivity contribution in [3.05, 3.63) is 52.8 Å². The van der Waals surface area contributed by atoms with E-state index in [0.29, 0.717) is 19.6 Å². The lowest BCUT2D eigenvalue weighted by Crippen LogP contribution is -2.25. The molecule has 0 fully saturated rings. The Morgan fingerprint density at radius 3 is 2.64 bits per heavy atom. The minimum Gasteiger partial charge on any atom is -0.374 e. The lowest BCUT2D eigenvalue weighted by atomic mass is 10.1. The first-order valence-electron chi connectivity index (χ1n) is 8.91. The molecular weight excluding hydrogens is 314 g/mol. The van der Waals surface area contributed by atoms with Crippen LogP contribution in [0, 0.1) is 13.8 Å². The van der Waals surface area contributed by atoms with Crippen molar-refractivity contribution in [2.24, 2.45) is 7.05 Å². The third-order valence-electron chi connectivity index (χ3n) is 4.54. The zero-order valence-electron chi connectivity index (χ0n) is 15.7. The summed E-state index contributed by atoms with van der Waals surface area (Å²) < 4.78 is 7.68. The summed E-state index contributed by atoms with van der Waals surface area (Å²) in [6.07, 6.45) is 2.12. The fraction of sp³-hybridized carbons (Fsp3) is 0.500. The van der Waals surface area contributed by atoms with Gasteiger partial charge in [0.1, 0.15) is 0 Å². The van der Waals surface area contributed by atoms with Crippen LogP contribution in [0.15, 0.2) is 30.3 Å². The second-order valence-electron chi connectivity index (χ2n) is 6.40. The van der Waals surface area contributed by atoms with E-state index in [9.17, 15) is 4.79 Å². The summed E-state index contributed by atoms with van der Waals surface area (Å²) in [4.78, 5) is 12.0. The number of rotatable bonds is 9. The van der Waals surface area contributed by atoms with E-state index in [1.54, 1.807) is 0 Å². The van der Waals surface area contributed by atoms with Crippen LogP contribution < -0.4 is 5.32 Å². The second kappa shape index (κ2) is 9.37. The van der Waals surface area contributed by atoms with E-state index in [1.165, 1.54) is 11.1 Å². The molecule has 1 N–H and O–H groups in total. The Labute approximate surface area is 150 Å². The van der Waals surface area contributed by atoms with E-state index in [2.05, 4.69) is 22.5 Å². The Morgan fingerprint density at radius 1 is 1.28 bits per heavy atom. The van der Waals surface area contributed by atoms with Gasteiger partial charge in [-0.15, -0.1) is 0 Å². The van der Waals surface area contributed by atoms with Crippen molar-refractivity contribution in [1.29, 1.82) is 0 Å². The number of carbonyl (C=O) groups excluding carboxylic acids is 1. The van der Waals surface area contributed by atoms with Crippen molar-refractivity contribution in [1.82, 2.24) is 15.1 Å². The van der Waals surface area contributed by atoms with Crippen LogP contribution in [-0.4, -0.2) is 28.8 Å². The minimum absolute atomic E-state index is 0.0773. The quantitative estimate of drug-likeness (QED) is 0.711. The number of hydrogen-bond acceptors (Lipinski definition) is 3. The summed E-state index contributed by atoms with van der Waals surface area (Å²) in [5.74, 6) is 0.0822. The van der Waals surface area contributed by atoms with Gasteiger partial charge < -0.3 is 10.1 Å². The number of ether oxygens (including phenoxy) is 1. The van der Waals surface area contributed by atoms with E-state index >= 15 is 0 Å². The van der Waals surface area contributed by atoms with Crippen molar-refractivity contribution in [2.75, 3.05) is 13.2 Å². The molecule has 2 aromatic rings. The molecule has 2 rings (SSSR count). The van der Waals surface area contributed by atoms with E-state index in [0.717, 1.165) is 24.2 Å². The summed E-state index contributed by atoms with van der Waals surface area (Å²) in [6.45, 7) is 7.36. The molecule has 0 saturated carbocycles. The third-order valence-corrected chi connectivity index (χ3v) is 4.54. The maximum absolute atomic E-state index is 12.0. The van der Waals surface area contributed by atoms with Crippen molar-refractivity contribution < 1.29 is 9.53 Å². The first kappa shape index (κ1) is 19.2. The van der Waals surface area contributed by atoms with Crippen LogP contribution in [0.25, 0.3) is 0 Å². The van der Waals surface area contributed by atoms with Gasteiger partial charge in [0.05, 0.1) is 11.8 Å². The number of carbonyl (C=O) groups is 1. The molecule has 0 saturated heterocycles. The fourth-order valence-electron chi connectivity index (χ4n) is 2.89. The normalized spacial score (nSPS) is 12.2. The Hall–Kier alpha value is -2.14. The standard InChI is InChI=1S/C20H29N3O2/c1-15-19(16(2)23(4)22-15)11-12-20(24)21-13-8-14-25-17(3)18-9-6-5-7-10-18/h5-7,9-10,17H,8,11-14H2,1-4H3,(H,21,24). The summed E-state index contributed by atoms with van der Waals surface area (Å²) in [5, 5.41) is 7.35. The predicted molar refractivity (Wildman–Crippen MR) is 99.4 cm³/mol. The van der Waals surface area contributed by atoms with Crippen molar-refractivity contribution in [3.8, 4) is 0 Å². The molecule has 0 aliphatic rings. The highest BCUT2D eigenvalue weighted by Crippen LogP contribution is 2.16. The van der Waals surface area contributed by atoms with Gasteiger partial charge in [-0.25, -0.2) is 0 Å². The first-order chi connectivity index (χ1) is 12.0. The van der Waals surface area contributed by atoms with Gasteiger partial charge in [0, 0.05) is 32.3 Å². The zero-order valence-corrected chi connectivity index (χ0v) is 15.7. The second-order valence-corrected chi connectivity index (χ2v) is 6.40. The molecule has 1 unspecified atom stereocenters. The smallest absolute Gasteiger partial charge is 0.220 e. The number of hydrogen-bond donors (Lipinski definition) is 1. The Bertz CT molecular complexity index is 680. The monoisotopic (exact) mass is 343 g/mol. The van der Waals surface area contributed by atoms with Gasteiger partial charge >= 0.3 is 0 Å². The van der Waals surface area contributed by atoms with Crippen molar-refractivity contribution >= 4 is 5.91 Å². The maximum atomic E-state index is 12.0. The van der Waals surface area contributed by atoms with Crippen LogP contribution in [-0.2, 0) is 23.0 Å². The zero-order chi connectivity index (χ0) is 18.2. The van der Waals surface area contributed by atoms with E-state index in [4.69, 9.17) is 4.74 Å². The number of nitrogens with one attached hydrogen (secondary N) is 1. The molecule has 5 nitrogen and oxygen atoms in total. The van der Waals surface area contributed by atoms with Gasteiger partial charge in [-0.2, -0.15) is 5.10 Å². The molecule has 1 heterocycles. The summed E-state index contributed by atoms with van der Waals surface area (Å²) in [6, 6.07) is 10.2. The van der Waals surface area contributed by atoms with E-state index in [1.807, 2.05) is 50.7 Å².